The van der Waals surface area contributed by atoms with E-state index in [0.29, 0.717) is 18.7 Å². The molecule has 1 amide bonds. The third-order valence-corrected chi connectivity index (χ3v) is 3.79. The summed E-state index contributed by atoms with van der Waals surface area (Å²) in [5, 5.41) is 3.88. The van der Waals surface area contributed by atoms with Gasteiger partial charge in [-0.3, -0.25) is 4.79 Å². The van der Waals surface area contributed by atoms with Gasteiger partial charge in [0.25, 0.3) is 0 Å². The molecule has 0 aliphatic carbocycles. The van der Waals surface area contributed by atoms with Gasteiger partial charge in [-0.25, -0.2) is 0 Å². The molecule has 1 aliphatic heterocycles. The van der Waals surface area contributed by atoms with Gasteiger partial charge in [-0.1, -0.05) is 11.2 Å². The monoisotopic (exact) mass is 302 g/mol. The van der Waals surface area contributed by atoms with Gasteiger partial charge in [-0.2, -0.15) is 0 Å². The number of ether oxygens (including phenoxy) is 2. The van der Waals surface area contributed by atoms with Crippen LogP contribution in [0.3, 0.4) is 0 Å². The molecule has 0 fully saturated rings. The lowest BCUT2D eigenvalue weighted by Crippen LogP contribution is -2.28. The Kier molecular flexibility index (Phi) is 3.75. The van der Waals surface area contributed by atoms with Crippen LogP contribution in [-0.2, 0) is 17.8 Å². The number of benzene rings is 1. The van der Waals surface area contributed by atoms with Crippen LogP contribution in [0.5, 0.6) is 11.5 Å². The number of aromatic nitrogens is 1. The molecule has 1 aromatic carbocycles. The highest BCUT2D eigenvalue weighted by molar-refractivity contribution is 5.79. The second kappa shape index (κ2) is 5.71. The summed E-state index contributed by atoms with van der Waals surface area (Å²) >= 11 is 0. The molecule has 0 N–H and O–H groups in total. The molecular weight excluding hydrogens is 284 g/mol. The van der Waals surface area contributed by atoms with Crippen LogP contribution >= 0.6 is 0 Å². The molecule has 0 spiro atoms. The molecule has 6 heteroatoms. The number of likely N-dealkylation sites (N-methyl/N-ethyl adjacent to an activating group) is 1. The summed E-state index contributed by atoms with van der Waals surface area (Å²) < 4.78 is 15.7. The minimum atomic E-state index is 0.0204. The predicted octanol–water partition coefficient (Wildman–Crippen LogP) is 2.22. The Morgan fingerprint density at radius 2 is 2.05 bits per heavy atom. The van der Waals surface area contributed by atoms with Crippen molar-refractivity contribution in [2.45, 2.75) is 26.8 Å². The maximum Gasteiger partial charge on any atom is 0.231 e. The SMILES string of the molecule is Cc1noc(C)c1CC(=O)N(C)Cc1ccc2c(c1)OCO2. The molecule has 1 aliphatic rings. The molecule has 0 bridgehead atoms. The number of amides is 1. The zero-order chi connectivity index (χ0) is 15.7. The van der Waals surface area contributed by atoms with Gasteiger partial charge >= 0.3 is 0 Å². The minimum Gasteiger partial charge on any atom is -0.454 e. The number of carbonyl (C=O) groups excluding carboxylic acids is 1. The maximum absolute atomic E-state index is 12.4. The third-order valence-electron chi connectivity index (χ3n) is 3.79. The molecule has 0 saturated carbocycles. The first kappa shape index (κ1) is 14.4. The van der Waals surface area contributed by atoms with E-state index in [9.17, 15) is 4.79 Å². The summed E-state index contributed by atoms with van der Waals surface area (Å²) in [6, 6.07) is 5.71. The van der Waals surface area contributed by atoms with Crippen LogP contribution in [0.4, 0.5) is 0 Å². The Morgan fingerprint density at radius 1 is 1.27 bits per heavy atom. The number of hydrogen-bond acceptors (Lipinski definition) is 5. The Morgan fingerprint density at radius 3 is 2.77 bits per heavy atom. The first-order chi connectivity index (χ1) is 10.5. The lowest BCUT2D eigenvalue weighted by atomic mass is 10.1. The minimum absolute atomic E-state index is 0.0204. The molecule has 22 heavy (non-hydrogen) atoms. The standard InChI is InChI=1S/C16H18N2O4/c1-10-13(11(2)22-17-10)7-16(19)18(3)8-12-4-5-14-15(6-12)21-9-20-14/h4-6H,7-9H2,1-3H3. The second-order valence-electron chi connectivity index (χ2n) is 5.42. The van der Waals surface area contributed by atoms with Crippen molar-refractivity contribution in [1.29, 1.82) is 0 Å². The zero-order valence-corrected chi connectivity index (χ0v) is 12.9. The normalized spacial score (nSPS) is 12.5. The fourth-order valence-electron chi connectivity index (χ4n) is 2.44. The van der Waals surface area contributed by atoms with Gasteiger partial charge in [0, 0.05) is 19.2 Å². The lowest BCUT2D eigenvalue weighted by Gasteiger charge is -2.17. The molecule has 0 unspecified atom stereocenters. The average molecular weight is 302 g/mol. The van der Waals surface area contributed by atoms with Crippen molar-refractivity contribution in [2.24, 2.45) is 0 Å². The number of aryl methyl sites for hydroxylation is 2. The van der Waals surface area contributed by atoms with Gasteiger partial charge in [-0.15, -0.1) is 0 Å². The molecule has 116 valence electrons. The Balaban J connectivity index is 1.66. The van der Waals surface area contributed by atoms with E-state index in [1.165, 1.54) is 0 Å². The third kappa shape index (κ3) is 2.77. The van der Waals surface area contributed by atoms with Crippen molar-refractivity contribution in [3.8, 4) is 11.5 Å². The maximum atomic E-state index is 12.4. The summed E-state index contributed by atoms with van der Waals surface area (Å²) in [4.78, 5) is 14.0. The van der Waals surface area contributed by atoms with Crippen molar-refractivity contribution >= 4 is 5.91 Å². The van der Waals surface area contributed by atoms with Crippen molar-refractivity contribution in [1.82, 2.24) is 10.1 Å². The summed E-state index contributed by atoms with van der Waals surface area (Å²) in [5.41, 5.74) is 2.63. The number of nitrogens with zero attached hydrogens (tertiary/aromatic N) is 2. The van der Waals surface area contributed by atoms with E-state index >= 15 is 0 Å². The van der Waals surface area contributed by atoms with E-state index in [1.54, 1.807) is 11.9 Å². The number of hydrogen-bond donors (Lipinski definition) is 0. The van der Waals surface area contributed by atoms with Crippen LogP contribution in [0.15, 0.2) is 22.7 Å². The van der Waals surface area contributed by atoms with Gasteiger partial charge < -0.3 is 18.9 Å². The molecule has 2 heterocycles. The van der Waals surface area contributed by atoms with E-state index in [-0.39, 0.29) is 12.7 Å². The van der Waals surface area contributed by atoms with E-state index in [1.807, 2.05) is 32.0 Å². The Hall–Kier alpha value is -2.50. The van der Waals surface area contributed by atoms with E-state index in [4.69, 9.17) is 14.0 Å². The number of carbonyl (C=O) groups is 1. The predicted molar refractivity (Wildman–Crippen MR) is 78.7 cm³/mol. The Labute approximate surface area is 128 Å². The summed E-state index contributed by atoms with van der Waals surface area (Å²) in [5.74, 6) is 2.19. The molecule has 3 rings (SSSR count). The van der Waals surface area contributed by atoms with Crippen molar-refractivity contribution < 1.29 is 18.8 Å². The highest BCUT2D eigenvalue weighted by atomic mass is 16.7. The topological polar surface area (TPSA) is 64.8 Å². The summed E-state index contributed by atoms with van der Waals surface area (Å²) in [7, 11) is 1.78. The summed E-state index contributed by atoms with van der Waals surface area (Å²) in [6.07, 6.45) is 0.294. The van der Waals surface area contributed by atoms with Gasteiger partial charge in [0.05, 0.1) is 12.1 Å². The molecule has 0 atom stereocenters. The van der Waals surface area contributed by atoms with E-state index < -0.39 is 0 Å². The van der Waals surface area contributed by atoms with Crippen LogP contribution in [-0.4, -0.2) is 29.8 Å². The van der Waals surface area contributed by atoms with Crippen molar-refractivity contribution in [3.05, 3.63) is 40.8 Å². The molecular formula is C16H18N2O4. The van der Waals surface area contributed by atoms with Crippen LogP contribution in [0.1, 0.15) is 22.6 Å². The molecule has 0 saturated heterocycles. The van der Waals surface area contributed by atoms with Crippen molar-refractivity contribution in [3.63, 3.8) is 0 Å². The molecule has 1 aromatic heterocycles. The quantitative estimate of drug-likeness (QED) is 0.866. The van der Waals surface area contributed by atoms with Gasteiger partial charge in [0.1, 0.15) is 5.76 Å². The zero-order valence-electron chi connectivity index (χ0n) is 12.9. The fourth-order valence-corrected chi connectivity index (χ4v) is 2.44. The molecule has 6 nitrogen and oxygen atoms in total. The van der Waals surface area contributed by atoms with E-state index in [2.05, 4.69) is 5.16 Å². The van der Waals surface area contributed by atoms with Gasteiger partial charge in [0.15, 0.2) is 11.5 Å². The van der Waals surface area contributed by atoms with Crippen LogP contribution in [0.2, 0.25) is 0 Å². The van der Waals surface area contributed by atoms with Crippen LogP contribution in [0.25, 0.3) is 0 Å². The molecule has 2 aromatic rings. The Bertz CT molecular complexity index is 689. The smallest absolute Gasteiger partial charge is 0.231 e. The van der Waals surface area contributed by atoms with Crippen LogP contribution < -0.4 is 9.47 Å². The van der Waals surface area contributed by atoms with Crippen LogP contribution in [0, 0.1) is 13.8 Å². The summed E-state index contributed by atoms with van der Waals surface area (Å²) in [6.45, 7) is 4.43. The average Bonchev–Trinajstić information content (AvgIpc) is 3.08. The van der Waals surface area contributed by atoms with E-state index in [0.717, 1.165) is 28.3 Å². The highest BCUT2D eigenvalue weighted by Crippen LogP contribution is 2.32. The first-order valence-corrected chi connectivity index (χ1v) is 7.09. The first-order valence-electron chi connectivity index (χ1n) is 7.09. The second-order valence-corrected chi connectivity index (χ2v) is 5.42. The fraction of sp³-hybridized carbons (Fsp3) is 0.375. The lowest BCUT2D eigenvalue weighted by molar-refractivity contribution is -0.129. The number of rotatable bonds is 4. The van der Waals surface area contributed by atoms with Gasteiger partial charge in [0.2, 0.25) is 12.7 Å². The van der Waals surface area contributed by atoms with Crippen molar-refractivity contribution in [2.75, 3.05) is 13.8 Å². The largest absolute Gasteiger partial charge is 0.454 e. The highest BCUT2D eigenvalue weighted by Gasteiger charge is 2.18. The molecule has 0 radical (unpaired) electrons. The number of fused-ring (bicyclic) bond motifs is 1. The van der Waals surface area contributed by atoms with Gasteiger partial charge in [-0.05, 0) is 31.5 Å².